The zero-order chi connectivity index (χ0) is 15.0. The summed E-state index contributed by atoms with van der Waals surface area (Å²) in [5, 5.41) is 10.0. The summed E-state index contributed by atoms with van der Waals surface area (Å²) >= 11 is 6.20. The summed E-state index contributed by atoms with van der Waals surface area (Å²) in [5.74, 6) is -0.106. The van der Waals surface area contributed by atoms with Crippen molar-refractivity contribution in [2.45, 2.75) is 32.1 Å². The van der Waals surface area contributed by atoms with Crippen molar-refractivity contribution < 1.29 is 9.90 Å². The van der Waals surface area contributed by atoms with E-state index in [9.17, 15) is 9.90 Å². The van der Waals surface area contributed by atoms with E-state index in [0.29, 0.717) is 33.6 Å². The van der Waals surface area contributed by atoms with Gasteiger partial charge in [-0.05, 0) is 25.8 Å². The van der Waals surface area contributed by atoms with Crippen LogP contribution in [0.25, 0.3) is 11.1 Å². The lowest BCUT2D eigenvalue weighted by molar-refractivity contribution is 0.0690. The van der Waals surface area contributed by atoms with Crippen molar-refractivity contribution in [2.24, 2.45) is 0 Å². The largest absolute Gasteiger partial charge is 0.476 e. The third-order valence-corrected chi connectivity index (χ3v) is 4.25. The SMILES string of the molecule is Cc1nc(C2CCC2)nc(C(=O)O)c1-c1ccccc1Cl. The summed E-state index contributed by atoms with van der Waals surface area (Å²) in [5.41, 5.74) is 1.88. The highest BCUT2D eigenvalue weighted by Crippen LogP contribution is 2.37. The molecule has 1 aliphatic rings. The number of carboxylic acids is 1. The number of aromatic nitrogens is 2. The number of hydrogen-bond acceptors (Lipinski definition) is 3. The fourth-order valence-corrected chi connectivity index (χ4v) is 2.81. The van der Waals surface area contributed by atoms with Crippen LogP contribution in [0.15, 0.2) is 24.3 Å². The molecule has 5 heteroatoms. The molecular formula is C16H15ClN2O2. The van der Waals surface area contributed by atoms with Crippen molar-refractivity contribution >= 4 is 17.6 Å². The molecule has 21 heavy (non-hydrogen) atoms. The fraction of sp³-hybridized carbons (Fsp3) is 0.312. The molecular weight excluding hydrogens is 288 g/mol. The number of halogens is 1. The van der Waals surface area contributed by atoms with Crippen LogP contribution in [-0.4, -0.2) is 21.0 Å². The second-order valence-corrected chi connectivity index (χ2v) is 5.71. The summed E-state index contributed by atoms with van der Waals surface area (Å²) in [6.07, 6.45) is 3.22. The Morgan fingerprint density at radius 1 is 1.29 bits per heavy atom. The number of nitrogens with zero attached hydrogens (tertiary/aromatic N) is 2. The fourth-order valence-electron chi connectivity index (χ4n) is 2.58. The smallest absolute Gasteiger partial charge is 0.355 e. The zero-order valence-electron chi connectivity index (χ0n) is 11.6. The monoisotopic (exact) mass is 302 g/mol. The minimum Gasteiger partial charge on any atom is -0.476 e. The summed E-state index contributed by atoms with van der Waals surface area (Å²) in [4.78, 5) is 20.4. The number of hydrogen-bond donors (Lipinski definition) is 1. The number of rotatable bonds is 3. The Morgan fingerprint density at radius 3 is 2.57 bits per heavy atom. The molecule has 1 aromatic heterocycles. The molecule has 0 spiro atoms. The van der Waals surface area contributed by atoms with Gasteiger partial charge in [-0.3, -0.25) is 0 Å². The quantitative estimate of drug-likeness (QED) is 0.928. The van der Waals surface area contributed by atoms with Crippen molar-refractivity contribution in [3.63, 3.8) is 0 Å². The number of carboxylic acid groups (broad SMARTS) is 1. The van der Waals surface area contributed by atoms with Gasteiger partial charge in [0.1, 0.15) is 5.82 Å². The van der Waals surface area contributed by atoms with Crippen LogP contribution >= 0.6 is 11.6 Å². The first kappa shape index (κ1) is 14.0. The molecule has 2 aromatic rings. The molecule has 3 rings (SSSR count). The van der Waals surface area contributed by atoms with E-state index in [4.69, 9.17) is 11.6 Å². The van der Waals surface area contributed by atoms with Crippen molar-refractivity contribution in [1.29, 1.82) is 0 Å². The van der Waals surface area contributed by atoms with Gasteiger partial charge < -0.3 is 5.11 Å². The van der Waals surface area contributed by atoms with Gasteiger partial charge in [-0.25, -0.2) is 14.8 Å². The lowest BCUT2D eigenvalue weighted by Gasteiger charge is -2.25. The van der Waals surface area contributed by atoms with Gasteiger partial charge in [-0.15, -0.1) is 0 Å². The Labute approximate surface area is 127 Å². The number of aromatic carboxylic acids is 1. The summed E-state index contributed by atoms with van der Waals surface area (Å²) in [6, 6.07) is 7.17. The van der Waals surface area contributed by atoms with Crippen LogP contribution in [0.1, 0.15) is 47.2 Å². The molecule has 0 amide bonds. The topological polar surface area (TPSA) is 63.1 Å². The van der Waals surface area contributed by atoms with E-state index in [0.717, 1.165) is 19.3 Å². The second kappa shape index (κ2) is 5.45. The average Bonchev–Trinajstić information content (AvgIpc) is 2.37. The first-order valence-corrected chi connectivity index (χ1v) is 7.32. The highest BCUT2D eigenvalue weighted by Gasteiger charge is 2.27. The minimum atomic E-state index is -1.05. The van der Waals surface area contributed by atoms with Gasteiger partial charge in [0.05, 0.1) is 0 Å². The van der Waals surface area contributed by atoms with Crippen LogP contribution in [-0.2, 0) is 0 Å². The Kier molecular flexibility index (Phi) is 3.64. The molecule has 1 fully saturated rings. The summed E-state index contributed by atoms with van der Waals surface area (Å²) in [6.45, 7) is 1.81. The Bertz CT molecular complexity index is 711. The Morgan fingerprint density at radius 2 is 2.00 bits per heavy atom. The van der Waals surface area contributed by atoms with E-state index in [1.165, 1.54) is 0 Å². The Balaban J connectivity index is 2.20. The summed E-state index contributed by atoms with van der Waals surface area (Å²) in [7, 11) is 0. The molecule has 1 N–H and O–H groups in total. The highest BCUT2D eigenvalue weighted by molar-refractivity contribution is 6.33. The predicted octanol–water partition coefficient (Wildman–Crippen LogP) is 4.07. The molecule has 0 aliphatic heterocycles. The predicted molar refractivity (Wildman–Crippen MR) is 80.8 cm³/mol. The van der Waals surface area contributed by atoms with Crippen LogP contribution in [0.3, 0.4) is 0 Å². The van der Waals surface area contributed by atoms with Crippen molar-refractivity contribution in [1.82, 2.24) is 9.97 Å². The number of benzene rings is 1. The molecule has 1 saturated carbocycles. The van der Waals surface area contributed by atoms with Crippen molar-refractivity contribution in [3.8, 4) is 11.1 Å². The van der Waals surface area contributed by atoms with Gasteiger partial charge in [-0.2, -0.15) is 0 Å². The molecule has 4 nitrogen and oxygen atoms in total. The maximum Gasteiger partial charge on any atom is 0.355 e. The molecule has 1 aliphatic carbocycles. The third-order valence-electron chi connectivity index (χ3n) is 3.92. The zero-order valence-corrected chi connectivity index (χ0v) is 12.4. The van der Waals surface area contributed by atoms with Gasteiger partial charge in [0, 0.05) is 27.8 Å². The lowest BCUT2D eigenvalue weighted by atomic mass is 9.84. The van der Waals surface area contributed by atoms with E-state index < -0.39 is 5.97 Å². The van der Waals surface area contributed by atoms with E-state index in [1.807, 2.05) is 19.1 Å². The van der Waals surface area contributed by atoms with E-state index in [-0.39, 0.29) is 5.69 Å². The normalized spacial score (nSPS) is 14.8. The van der Waals surface area contributed by atoms with Crippen molar-refractivity contribution in [2.75, 3.05) is 0 Å². The van der Waals surface area contributed by atoms with Crippen LogP contribution in [0, 0.1) is 6.92 Å². The first-order valence-electron chi connectivity index (χ1n) is 6.94. The maximum absolute atomic E-state index is 11.6. The number of aryl methyl sites for hydroxylation is 1. The van der Waals surface area contributed by atoms with Crippen LogP contribution in [0.4, 0.5) is 0 Å². The van der Waals surface area contributed by atoms with Gasteiger partial charge in [0.25, 0.3) is 0 Å². The molecule has 0 saturated heterocycles. The van der Waals surface area contributed by atoms with E-state index in [2.05, 4.69) is 9.97 Å². The third kappa shape index (κ3) is 2.51. The van der Waals surface area contributed by atoms with Crippen LogP contribution < -0.4 is 0 Å². The van der Waals surface area contributed by atoms with Gasteiger partial charge in [-0.1, -0.05) is 36.2 Å². The Hall–Kier alpha value is -1.94. The minimum absolute atomic E-state index is 0.0394. The summed E-state index contributed by atoms with van der Waals surface area (Å²) < 4.78 is 0. The maximum atomic E-state index is 11.6. The van der Waals surface area contributed by atoms with E-state index in [1.54, 1.807) is 12.1 Å². The molecule has 0 radical (unpaired) electrons. The van der Waals surface area contributed by atoms with Crippen LogP contribution in [0.2, 0.25) is 5.02 Å². The van der Waals surface area contributed by atoms with Crippen molar-refractivity contribution in [3.05, 3.63) is 46.5 Å². The molecule has 0 unspecified atom stereocenters. The molecule has 1 heterocycles. The molecule has 108 valence electrons. The standard InChI is InChI=1S/C16H15ClN2O2/c1-9-13(11-7-2-3-8-12(11)17)14(16(20)21)19-15(18-9)10-5-4-6-10/h2-3,7-8,10H,4-6H2,1H3,(H,20,21). The van der Waals surface area contributed by atoms with E-state index >= 15 is 0 Å². The number of carbonyl (C=O) groups is 1. The second-order valence-electron chi connectivity index (χ2n) is 5.30. The van der Waals surface area contributed by atoms with Gasteiger partial charge >= 0.3 is 5.97 Å². The first-order chi connectivity index (χ1) is 10.1. The molecule has 0 atom stereocenters. The molecule has 0 bridgehead atoms. The van der Waals surface area contributed by atoms with Gasteiger partial charge in [0.15, 0.2) is 5.69 Å². The highest BCUT2D eigenvalue weighted by atomic mass is 35.5. The van der Waals surface area contributed by atoms with Gasteiger partial charge in [0.2, 0.25) is 0 Å². The lowest BCUT2D eigenvalue weighted by Crippen LogP contribution is -2.17. The average molecular weight is 303 g/mol. The molecule has 1 aromatic carbocycles. The van der Waals surface area contributed by atoms with Crippen LogP contribution in [0.5, 0.6) is 0 Å².